The summed E-state index contributed by atoms with van der Waals surface area (Å²) < 4.78 is 5.14. The monoisotopic (exact) mass is 173 g/mol. The first kappa shape index (κ1) is 8.05. The molecule has 0 saturated heterocycles. The molecule has 1 aromatic carbocycles. The van der Waals surface area contributed by atoms with Gasteiger partial charge in [0.1, 0.15) is 6.61 Å². The minimum Gasteiger partial charge on any atom is -0.473 e. The van der Waals surface area contributed by atoms with Crippen molar-refractivity contribution >= 4 is 11.5 Å². The van der Waals surface area contributed by atoms with Crippen LogP contribution in [0.3, 0.4) is 0 Å². The van der Waals surface area contributed by atoms with E-state index in [0.29, 0.717) is 12.5 Å². The highest BCUT2D eigenvalue weighted by Crippen LogP contribution is 2.25. The number of hydrogen-bond acceptors (Lipinski definition) is 2. The van der Waals surface area contributed by atoms with Crippen LogP contribution in [0.2, 0.25) is 0 Å². The topological polar surface area (TPSA) is 33.1 Å². The predicted octanol–water partition coefficient (Wildman–Crippen LogP) is 2.47. The summed E-state index contributed by atoms with van der Waals surface area (Å²) in [5, 5.41) is 7.59. The average molecular weight is 173 g/mol. The molecule has 0 aromatic heterocycles. The molecule has 13 heavy (non-hydrogen) atoms. The Morgan fingerprint density at radius 1 is 1.23 bits per heavy atom. The lowest BCUT2D eigenvalue weighted by Gasteiger charge is -2.01. The van der Waals surface area contributed by atoms with Crippen molar-refractivity contribution in [2.45, 2.75) is 6.92 Å². The molecule has 1 N–H and O–H groups in total. The van der Waals surface area contributed by atoms with E-state index < -0.39 is 0 Å². The van der Waals surface area contributed by atoms with Gasteiger partial charge in [-0.25, -0.2) is 0 Å². The van der Waals surface area contributed by atoms with E-state index in [4.69, 9.17) is 10.1 Å². The van der Waals surface area contributed by atoms with Crippen LogP contribution in [0.4, 0.5) is 0 Å². The normalized spacial score (nSPS) is 16.2. The van der Waals surface area contributed by atoms with Crippen LogP contribution >= 0.6 is 0 Å². The van der Waals surface area contributed by atoms with E-state index in [9.17, 15) is 0 Å². The van der Waals surface area contributed by atoms with Gasteiger partial charge >= 0.3 is 0 Å². The summed E-state index contributed by atoms with van der Waals surface area (Å²) in [4.78, 5) is 0. The van der Waals surface area contributed by atoms with Crippen molar-refractivity contribution in [1.82, 2.24) is 0 Å². The van der Waals surface area contributed by atoms with E-state index in [-0.39, 0.29) is 0 Å². The SMILES string of the molecule is CC1=C(c2ccccc2)C(=N)OC1. The zero-order valence-electron chi connectivity index (χ0n) is 7.50. The van der Waals surface area contributed by atoms with E-state index in [1.807, 2.05) is 37.3 Å². The van der Waals surface area contributed by atoms with E-state index in [1.165, 1.54) is 0 Å². The Bertz CT molecular complexity index is 365. The number of hydrogen-bond donors (Lipinski definition) is 1. The standard InChI is InChI=1S/C11H11NO/c1-8-7-13-11(12)10(8)9-5-3-2-4-6-9/h2-6,12H,7H2,1H3. The second-order valence-corrected chi connectivity index (χ2v) is 3.14. The van der Waals surface area contributed by atoms with Crippen LogP contribution in [0.5, 0.6) is 0 Å². The van der Waals surface area contributed by atoms with Crippen LogP contribution < -0.4 is 0 Å². The molecule has 1 aliphatic heterocycles. The Labute approximate surface area is 77.4 Å². The third-order valence-corrected chi connectivity index (χ3v) is 2.15. The molecule has 2 rings (SSSR count). The lowest BCUT2D eigenvalue weighted by molar-refractivity contribution is 0.356. The van der Waals surface area contributed by atoms with Gasteiger partial charge in [-0.3, -0.25) is 5.41 Å². The summed E-state index contributed by atoms with van der Waals surface area (Å²) in [5.41, 5.74) is 3.15. The Morgan fingerprint density at radius 3 is 2.46 bits per heavy atom. The summed E-state index contributed by atoms with van der Waals surface area (Å²) >= 11 is 0. The fourth-order valence-corrected chi connectivity index (χ4v) is 1.50. The molecule has 0 fully saturated rings. The van der Waals surface area contributed by atoms with Gasteiger partial charge in [0.25, 0.3) is 0 Å². The molecule has 0 amide bonds. The minimum atomic E-state index is 0.295. The molecule has 2 heteroatoms. The molecule has 2 nitrogen and oxygen atoms in total. The number of nitrogens with one attached hydrogen (secondary N) is 1. The van der Waals surface area contributed by atoms with Crippen molar-refractivity contribution in [2.75, 3.05) is 6.61 Å². The predicted molar refractivity (Wildman–Crippen MR) is 52.7 cm³/mol. The molecular weight excluding hydrogens is 162 g/mol. The van der Waals surface area contributed by atoms with Gasteiger partial charge in [0, 0.05) is 5.57 Å². The maximum absolute atomic E-state index is 7.59. The zero-order chi connectivity index (χ0) is 9.26. The van der Waals surface area contributed by atoms with Crippen molar-refractivity contribution in [3.8, 4) is 0 Å². The molecule has 0 atom stereocenters. The Balaban J connectivity index is 2.47. The first-order valence-electron chi connectivity index (χ1n) is 4.26. The summed E-state index contributed by atoms with van der Waals surface area (Å²) in [5.74, 6) is 0.295. The van der Waals surface area contributed by atoms with Crippen LogP contribution in [-0.2, 0) is 4.74 Å². The molecule has 0 aliphatic carbocycles. The largest absolute Gasteiger partial charge is 0.473 e. The molecule has 1 aromatic rings. The van der Waals surface area contributed by atoms with Crippen LogP contribution in [0.15, 0.2) is 35.9 Å². The van der Waals surface area contributed by atoms with Crippen LogP contribution in [0.25, 0.3) is 5.57 Å². The van der Waals surface area contributed by atoms with Crippen molar-refractivity contribution in [3.05, 3.63) is 41.5 Å². The van der Waals surface area contributed by atoms with Gasteiger partial charge in [-0.05, 0) is 18.1 Å². The lowest BCUT2D eigenvalue weighted by Crippen LogP contribution is -1.96. The number of benzene rings is 1. The fraction of sp³-hybridized carbons (Fsp3) is 0.182. The fourth-order valence-electron chi connectivity index (χ4n) is 1.50. The van der Waals surface area contributed by atoms with Gasteiger partial charge in [0.15, 0.2) is 0 Å². The smallest absolute Gasteiger partial charge is 0.214 e. The Hall–Kier alpha value is -1.57. The third-order valence-electron chi connectivity index (χ3n) is 2.15. The first-order chi connectivity index (χ1) is 6.29. The second-order valence-electron chi connectivity index (χ2n) is 3.14. The molecule has 0 radical (unpaired) electrons. The van der Waals surface area contributed by atoms with E-state index in [2.05, 4.69) is 0 Å². The van der Waals surface area contributed by atoms with E-state index >= 15 is 0 Å². The second kappa shape index (κ2) is 3.05. The molecular formula is C11H11NO. The lowest BCUT2D eigenvalue weighted by atomic mass is 10.0. The van der Waals surface area contributed by atoms with Crippen molar-refractivity contribution in [3.63, 3.8) is 0 Å². The van der Waals surface area contributed by atoms with E-state index in [0.717, 1.165) is 16.7 Å². The third kappa shape index (κ3) is 1.35. The first-order valence-corrected chi connectivity index (χ1v) is 4.26. The van der Waals surface area contributed by atoms with Gasteiger partial charge < -0.3 is 4.74 Å². The van der Waals surface area contributed by atoms with Crippen molar-refractivity contribution in [1.29, 1.82) is 5.41 Å². The maximum atomic E-state index is 7.59. The van der Waals surface area contributed by atoms with Gasteiger partial charge in [-0.1, -0.05) is 30.3 Å². The molecule has 0 unspecified atom stereocenters. The minimum absolute atomic E-state index is 0.295. The Kier molecular flexibility index (Phi) is 1.89. The highest BCUT2D eigenvalue weighted by molar-refractivity contribution is 6.20. The van der Waals surface area contributed by atoms with Gasteiger partial charge in [-0.2, -0.15) is 0 Å². The Morgan fingerprint density at radius 2 is 1.92 bits per heavy atom. The highest BCUT2D eigenvalue weighted by atomic mass is 16.5. The van der Waals surface area contributed by atoms with Crippen LogP contribution in [0, 0.1) is 5.41 Å². The quantitative estimate of drug-likeness (QED) is 0.695. The molecule has 1 heterocycles. The average Bonchev–Trinajstić information content (AvgIpc) is 2.48. The zero-order valence-corrected chi connectivity index (χ0v) is 7.50. The van der Waals surface area contributed by atoms with Gasteiger partial charge in [0.2, 0.25) is 5.90 Å². The van der Waals surface area contributed by atoms with Crippen LogP contribution in [0.1, 0.15) is 12.5 Å². The summed E-state index contributed by atoms with van der Waals surface area (Å²) in [7, 11) is 0. The number of ether oxygens (including phenoxy) is 1. The highest BCUT2D eigenvalue weighted by Gasteiger charge is 2.19. The van der Waals surface area contributed by atoms with Crippen molar-refractivity contribution in [2.24, 2.45) is 0 Å². The van der Waals surface area contributed by atoms with Crippen molar-refractivity contribution < 1.29 is 4.74 Å². The molecule has 1 aliphatic rings. The maximum Gasteiger partial charge on any atom is 0.214 e. The van der Waals surface area contributed by atoms with Gasteiger partial charge in [0.05, 0.1) is 0 Å². The number of rotatable bonds is 1. The molecule has 66 valence electrons. The molecule has 0 saturated carbocycles. The summed E-state index contributed by atoms with van der Waals surface area (Å²) in [6.45, 7) is 2.56. The molecule has 0 bridgehead atoms. The van der Waals surface area contributed by atoms with E-state index in [1.54, 1.807) is 0 Å². The van der Waals surface area contributed by atoms with Gasteiger partial charge in [-0.15, -0.1) is 0 Å². The summed E-state index contributed by atoms with van der Waals surface area (Å²) in [6, 6.07) is 9.92. The molecule has 0 spiro atoms. The summed E-state index contributed by atoms with van der Waals surface area (Å²) in [6.07, 6.45) is 0. The van der Waals surface area contributed by atoms with Crippen LogP contribution in [-0.4, -0.2) is 12.5 Å².